The monoisotopic (exact) mass is 292 g/mol. The Bertz CT molecular complexity index is 504. The zero-order valence-corrected chi connectivity index (χ0v) is 12.9. The number of phenolic OH excluding ortho intramolecular Hbond substituents is 1. The van der Waals surface area contributed by atoms with Gasteiger partial charge in [0.2, 0.25) is 0 Å². The van der Waals surface area contributed by atoms with Crippen molar-refractivity contribution in [3.63, 3.8) is 0 Å². The summed E-state index contributed by atoms with van der Waals surface area (Å²) in [4.78, 5) is 14.4. The minimum absolute atomic E-state index is 0.000987. The molecule has 1 saturated heterocycles. The molecular formula is C16H24N2O3. The second-order valence-electron chi connectivity index (χ2n) is 5.57. The number of methoxy groups -OCH3 is 1. The molecule has 0 saturated carbocycles. The Balaban J connectivity index is 2.06. The highest BCUT2D eigenvalue weighted by molar-refractivity contribution is 5.95. The van der Waals surface area contributed by atoms with Gasteiger partial charge in [-0.25, -0.2) is 0 Å². The van der Waals surface area contributed by atoms with Gasteiger partial charge < -0.3 is 20.1 Å². The van der Waals surface area contributed by atoms with Gasteiger partial charge in [-0.05, 0) is 37.1 Å². The van der Waals surface area contributed by atoms with Crippen LogP contribution in [0.15, 0.2) is 18.2 Å². The summed E-state index contributed by atoms with van der Waals surface area (Å²) in [6.45, 7) is 6.70. The Morgan fingerprint density at radius 3 is 2.86 bits per heavy atom. The number of phenols is 1. The van der Waals surface area contributed by atoms with Gasteiger partial charge in [0.05, 0.1) is 7.11 Å². The number of nitrogens with zero attached hydrogens (tertiary/aromatic N) is 1. The van der Waals surface area contributed by atoms with Crippen LogP contribution in [-0.2, 0) is 0 Å². The van der Waals surface area contributed by atoms with Gasteiger partial charge in [-0.1, -0.05) is 13.8 Å². The Labute approximate surface area is 125 Å². The summed E-state index contributed by atoms with van der Waals surface area (Å²) in [5.41, 5.74) is 0.502. The summed E-state index contributed by atoms with van der Waals surface area (Å²) in [6, 6.07) is 5.27. The predicted octanol–water partition coefficient (Wildman–Crippen LogP) is 1.86. The fourth-order valence-electron chi connectivity index (χ4n) is 2.90. The van der Waals surface area contributed by atoms with Crippen LogP contribution in [0, 0.1) is 5.92 Å². The Kier molecular flexibility index (Phi) is 5.07. The number of likely N-dealkylation sites (tertiary alicyclic amines) is 1. The molecule has 2 atom stereocenters. The number of nitrogens with one attached hydrogen (secondary N) is 1. The lowest BCUT2D eigenvalue weighted by Crippen LogP contribution is -2.50. The number of benzene rings is 1. The number of ether oxygens (including phenoxy) is 1. The molecule has 1 amide bonds. The van der Waals surface area contributed by atoms with E-state index in [0.717, 1.165) is 26.1 Å². The van der Waals surface area contributed by atoms with Crippen molar-refractivity contribution in [3.05, 3.63) is 23.8 Å². The summed E-state index contributed by atoms with van der Waals surface area (Å²) in [7, 11) is 1.49. The summed E-state index contributed by atoms with van der Waals surface area (Å²) in [6.07, 6.45) is 0.961. The van der Waals surface area contributed by atoms with Crippen molar-refractivity contribution in [2.24, 2.45) is 5.92 Å². The van der Waals surface area contributed by atoms with Gasteiger partial charge in [0.1, 0.15) is 0 Å². The molecule has 0 bridgehead atoms. The highest BCUT2D eigenvalue weighted by atomic mass is 16.5. The standard InChI is InChI=1S/C16H24N2O3/c1-4-17-13-7-8-18(10-11(13)2)16(20)12-5-6-15(21-3)14(19)9-12/h5-6,9,11,13,17,19H,4,7-8,10H2,1-3H3. The van der Waals surface area contributed by atoms with Gasteiger partial charge in [-0.15, -0.1) is 0 Å². The molecule has 2 rings (SSSR count). The molecule has 0 radical (unpaired) electrons. The molecule has 116 valence electrons. The van der Waals surface area contributed by atoms with E-state index in [4.69, 9.17) is 4.74 Å². The quantitative estimate of drug-likeness (QED) is 0.889. The second-order valence-corrected chi connectivity index (χ2v) is 5.57. The maximum absolute atomic E-state index is 12.5. The van der Waals surface area contributed by atoms with Crippen molar-refractivity contribution in [1.29, 1.82) is 0 Å². The molecule has 5 nitrogen and oxygen atoms in total. The van der Waals surface area contributed by atoms with Gasteiger partial charge in [-0.2, -0.15) is 0 Å². The van der Waals surface area contributed by atoms with Gasteiger partial charge in [-0.3, -0.25) is 4.79 Å². The molecule has 1 aliphatic heterocycles. The van der Waals surface area contributed by atoms with Crippen LogP contribution in [0.25, 0.3) is 0 Å². The maximum atomic E-state index is 12.5. The van der Waals surface area contributed by atoms with E-state index >= 15 is 0 Å². The van der Waals surface area contributed by atoms with E-state index in [1.54, 1.807) is 12.1 Å². The second kappa shape index (κ2) is 6.80. The first kappa shape index (κ1) is 15.6. The fraction of sp³-hybridized carbons (Fsp3) is 0.562. The zero-order chi connectivity index (χ0) is 15.4. The molecule has 0 aliphatic carbocycles. The highest BCUT2D eigenvalue weighted by Gasteiger charge is 2.28. The van der Waals surface area contributed by atoms with Crippen LogP contribution in [-0.4, -0.2) is 48.7 Å². The summed E-state index contributed by atoms with van der Waals surface area (Å²) < 4.78 is 5.00. The van der Waals surface area contributed by atoms with E-state index in [1.807, 2.05) is 4.90 Å². The molecule has 1 aliphatic rings. The zero-order valence-electron chi connectivity index (χ0n) is 12.9. The van der Waals surface area contributed by atoms with Crippen LogP contribution in [0.1, 0.15) is 30.6 Å². The molecule has 2 unspecified atom stereocenters. The largest absolute Gasteiger partial charge is 0.504 e. The van der Waals surface area contributed by atoms with E-state index < -0.39 is 0 Å². The maximum Gasteiger partial charge on any atom is 0.254 e. The van der Waals surface area contributed by atoms with E-state index in [-0.39, 0.29) is 11.7 Å². The van der Waals surface area contributed by atoms with E-state index in [0.29, 0.717) is 23.3 Å². The molecule has 1 heterocycles. The summed E-state index contributed by atoms with van der Waals surface area (Å²) >= 11 is 0. The molecule has 5 heteroatoms. The van der Waals surface area contributed by atoms with E-state index in [1.165, 1.54) is 13.2 Å². The van der Waals surface area contributed by atoms with Crippen molar-refractivity contribution in [2.45, 2.75) is 26.3 Å². The molecule has 1 fully saturated rings. The van der Waals surface area contributed by atoms with Crippen LogP contribution in [0.2, 0.25) is 0 Å². The number of carbonyl (C=O) groups is 1. The molecule has 1 aromatic rings. The third-order valence-corrected chi connectivity index (χ3v) is 4.08. The number of amides is 1. The number of aromatic hydroxyl groups is 1. The molecule has 21 heavy (non-hydrogen) atoms. The van der Waals surface area contributed by atoms with Crippen molar-refractivity contribution in [1.82, 2.24) is 10.2 Å². The first-order chi connectivity index (χ1) is 10.1. The average molecular weight is 292 g/mol. The lowest BCUT2D eigenvalue weighted by Gasteiger charge is -2.37. The highest BCUT2D eigenvalue weighted by Crippen LogP contribution is 2.27. The summed E-state index contributed by atoms with van der Waals surface area (Å²) in [5.74, 6) is 0.772. The molecular weight excluding hydrogens is 268 g/mol. The van der Waals surface area contributed by atoms with Crippen molar-refractivity contribution >= 4 is 5.91 Å². The minimum atomic E-state index is -0.0326. The third-order valence-electron chi connectivity index (χ3n) is 4.08. The first-order valence-electron chi connectivity index (χ1n) is 7.46. The number of rotatable bonds is 4. The number of hydrogen-bond donors (Lipinski definition) is 2. The van der Waals surface area contributed by atoms with Gasteiger partial charge in [0, 0.05) is 24.7 Å². The molecule has 1 aromatic carbocycles. The Morgan fingerprint density at radius 1 is 1.52 bits per heavy atom. The third kappa shape index (κ3) is 3.47. The van der Waals surface area contributed by atoms with Gasteiger partial charge >= 0.3 is 0 Å². The van der Waals surface area contributed by atoms with Crippen LogP contribution < -0.4 is 10.1 Å². The van der Waals surface area contributed by atoms with E-state index in [2.05, 4.69) is 19.2 Å². The van der Waals surface area contributed by atoms with Crippen molar-refractivity contribution < 1.29 is 14.6 Å². The van der Waals surface area contributed by atoms with Gasteiger partial charge in [0.15, 0.2) is 11.5 Å². The average Bonchev–Trinajstić information content (AvgIpc) is 2.48. The molecule has 2 N–H and O–H groups in total. The number of hydrogen-bond acceptors (Lipinski definition) is 4. The van der Waals surface area contributed by atoms with Crippen molar-refractivity contribution in [3.8, 4) is 11.5 Å². The topological polar surface area (TPSA) is 61.8 Å². The smallest absolute Gasteiger partial charge is 0.254 e. The van der Waals surface area contributed by atoms with Gasteiger partial charge in [0.25, 0.3) is 5.91 Å². The Hall–Kier alpha value is -1.75. The molecule has 0 spiro atoms. The Morgan fingerprint density at radius 2 is 2.29 bits per heavy atom. The fourth-order valence-corrected chi connectivity index (χ4v) is 2.90. The van der Waals surface area contributed by atoms with Crippen molar-refractivity contribution in [2.75, 3.05) is 26.7 Å². The van der Waals surface area contributed by atoms with Crippen LogP contribution in [0.4, 0.5) is 0 Å². The normalized spacial score (nSPS) is 22.1. The lowest BCUT2D eigenvalue weighted by molar-refractivity contribution is 0.0645. The SMILES string of the molecule is CCNC1CCN(C(=O)c2ccc(OC)c(O)c2)CC1C. The minimum Gasteiger partial charge on any atom is -0.504 e. The first-order valence-corrected chi connectivity index (χ1v) is 7.46. The van der Waals surface area contributed by atoms with Crippen LogP contribution in [0.5, 0.6) is 11.5 Å². The molecule has 0 aromatic heterocycles. The summed E-state index contributed by atoms with van der Waals surface area (Å²) in [5, 5.41) is 13.3. The van der Waals surface area contributed by atoms with Crippen LogP contribution >= 0.6 is 0 Å². The van der Waals surface area contributed by atoms with E-state index in [9.17, 15) is 9.90 Å². The lowest BCUT2D eigenvalue weighted by atomic mass is 9.93. The number of carbonyl (C=O) groups excluding carboxylic acids is 1. The number of piperidine rings is 1. The predicted molar refractivity (Wildman–Crippen MR) is 81.8 cm³/mol. The van der Waals surface area contributed by atoms with Crippen LogP contribution in [0.3, 0.4) is 0 Å².